The Labute approximate surface area is 123 Å². The van der Waals surface area contributed by atoms with Gasteiger partial charge >= 0.3 is 0 Å². The first-order valence-electron chi connectivity index (χ1n) is 6.72. The predicted molar refractivity (Wildman–Crippen MR) is 82.7 cm³/mol. The van der Waals surface area contributed by atoms with Crippen molar-refractivity contribution >= 4 is 23.3 Å². The number of rotatable bonds is 4. The van der Waals surface area contributed by atoms with Crippen LogP contribution in [0.4, 0.5) is 5.95 Å². The number of aromatic nitrogens is 3. The normalized spacial score (nSPS) is 14.1. The molecule has 1 saturated carbocycles. The molecule has 0 bridgehead atoms. The van der Waals surface area contributed by atoms with Gasteiger partial charge in [0.05, 0.1) is 6.54 Å². The first kappa shape index (κ1) is 13.1. The minimum atomic E-state index is 0.532. The summed E-state index contributed by atoms with van der Waals surface area (Å²) in [6.07, 6.45) is 4.10. The van der Waals surface area contributed by atoms with Gasteiger partial charge < -0.3 is 5.32 Å². The summed E-state index contributed by atoms with van der Waals surface area (Å²) in [5.41, 5.74) is 2.49. The van der Waals surface area contributed by atoms with Crippen molar-refractivity contribution in [3.8, 4) is 0 Å². The van der Waals surface area contributed by atoms with Crippen LogP contribution < -0.4 is 10.6 Å². The fraction of sp³-hybridized carbons (Fsp3) is 0.357. The minimum absolute atomic E-state index is 0.532. The van der Waals surface area contributed by atoms with E-state index in [1.807, 2.05) is 16.8 Å². The molecule has 3 rings (SSSR count). The van der Waals surface area contributed by atoms with Crippen LogP contribution in [-0.4, -0.2) is 25.9 Å². The number of anilines is 1. The molecule has 1 aliphatic carbocycles. The Morgan fingerprint density at radius 2 is 2.20 bits per heavy atom. The molecule has 1 aromatic heterocycles. The third kappa shape index (κ3) is 3.33. The highest BCUT2D eigenvalue weighted by atomic mass is 32.1. The number of aryl methyl sites for hydroxylation is 1. The minimum Gasteiger partial charge on any atom is -0.360 e. The second-order valence-electron chi connectivity index (χ2n) is 5.06. The molecule has 2 aromatic rings. The second kappa shape index (κ2) is 5.58. The summed E-state index contributed by atoms with van der Waals surface area (Å²) < 4.78 is 1.81. The number of nitrogens with one attached hydrogen (secondary N) is 2. The Balaban J connectivity index is 1.61. The largest absolute Gasteiger partial charge is 0.360 e. The molecule has 0 saturated heterocycles. The van der Waals surface area contributed by atoms with Crippen molar-refractivity contribution in [1.82, 2.24) is 20.1 Å². The van der Waals surface area contributed by atoms with Gasteiger partial charge in [0.1, 0.15) is 6.33 Å². The Bertz CT molecular complexity index is 618. The lowest BCUT2D eigenvalue weighted by Gasteiger charge is -2.06. The van der Waals surface area contributed by atoms with E-state index in [9.17, 15) is 0 Å². The third-order valence-electron chi connectivity index (χ3n) is 3.27. The zero-order chi connectivity index (χ0) is 13.9. The van der Waals surface area contributed by atoms with E-state index >= 15 is 0 Å². The summed E-state index contributed by atoms with van der Waals surface area (Å²) in [6, 6.07) is 8.80. The smallest absolute Gasteiger partial charge is 0.248 e. The number of nitrogens with zero attached hydrogens (tertiary/aromatic N) is 3. The van der Waals surface area contributed by atoms with Gasteiger partial charge in [0.2, 0.25) is 5.95 Å². The fourth-order valence-corrected chi connectivity index (χ4v) is 2.20. The Morgan fingerprint density at radius 3 is 2.95 bits per heavy atom. The summed E-state index contributed by atoms with van der Waals surface area (Å²) in [5.74, 6) is 0.539. The van der Waals surface area contributed by atoms with E-state index in [1.165, 1.54) is 24.0 Å². The van der Waals surface area contributed by atoms with Crippen LogP contribution in [0, 0.1) is 6.92 Å². The predicted octanol–water partition coefficient (Wildman–Crippen LogP) is 2.08. The summed E-state index contributed by atoms with van der Waals surface area (Å²) in [5, 5.41) is 11.2. The summed E-state index contributed by atoms with van der Waals surface area (Å²) in [4.78, 5) is 4.22. The molecule has 5 nitrogen and oxygen atoms in total. The highest BCUT2D eigenvalue weighted by molar-refractivity contribution is 7.80. The van der Waals surface area contributed by atoms with Crippen LogP contribution in [0.15, 0.2) is 30.6 Å². The van der Waals surface area contributed by atoms with Crippen LogP contribution in [0.1, 0.15) is 24.0 Å². The average Bonchev–Trinajstić information content (AvgIpc) is 3.12. The fourth-order valence-electron chi connectivity index (χ4n) is 1.94. The van der Waals surface area contributed by atoms with Gasteiger partial charge in [-0.05, 0) is 43.1 Å². The first-order valence-corrected chi connectivity index (χ1v) is 7.13. The van der Waals surface area contributed by atoms with Crippen LogP contribution >= 0.6 is 12.2 Å². The van der Waals surface area contributed by atoms with Crippen molar-refractivity contribution in [3.63, 3.8) is 0 Å². The quantitative estimate of drug-likeness (QED) is 0.843. The van der Waals surface area contributed by atoms with Gasteiger partial charge in [0.25, 0.3) is 0 Å². The van der Waals surface area contributed by atoms with Gasteiger partial charge in [0, 0.05) is 6.04 Å². The lowest BCUT2D eigenvalue weighted by atomic mass is 10.1. The molecular weight excluding hydrogens is 270 g/mol. The van der Waals surface area contributed by atoms with Crippen molar-refractivity contribution < 1.29 is 0 Å². The van der Waals surface area contributed by atoms with Gasteiger partial charge in [0.15, 0.2) is 5.11 Å². The Hall–Kier alpha value is -1.95. The van der Waals surface area contributed by atoms with Crippen LogP contribution in [0.25, 0.3) is 0 Å². The first-order chi connectivity index (χ1) is 9.70. The third-order valence-corrected chi connectivity index (χ3v) is 3.49. The van der Waals surface area contributed by atoms with Crippen molar-refractivity contribution in [2.24, 2.45) is 0 Å². The number of thiocarbonyl (C=S) groups is 1. The summed E-state index contributed by atoms with van der Waals surface area (Å²) >= 11 is 5.20. The van der Waals surface area contributed by atoms with Gasteiger partial charge in [-0.1, -0.05) is 24.3 Å². The van der Waals surface area contributed by atoms with Gasteiger partial charge in [-0.3, -0.25) is 5.32 Å². The topological polar surface area (TPSA) is 54.8 Å². The lowest BCUT2D eigenvalue weighted by Crippen LogP contribution is -2.30. The SMILES string of the molecule is Cc1ccccc1Cn1cnc(NC(=S)NC2CC2)n1. The molecule has 0 radical (unpaired) electrons. The molecule has 0 amide bonds. The van der Waals surface area contributed by atoms with Crippen molar-refractivity contribution in [1.29, 1.82) is 0 Å². The zero-order valence-corrected chi connectivity index (χ0v) is 12.2. The van der Waals surface area contributed by atoms with Crippen LogP contribution in [0.5, 0.6) is 0 Å². The van der Waals surface area contributed by atoms with E-state index in [-0.39, 0.29) is 0 Å². The lowest BCUT2D eigenvalue weighted by molar-refractivity contribution is 0.684. The van der Waals surface area contributed by atoms with Crippen LogP contribution in [-0.2, 0) is 6.54 Å². The highest BCUT2D eigenvalue weighted by Crippen LogP contribution is 2.18. The number of hydrogen-bond acceptors (Lipinski definition) is 3. The van der Waals surface area contributed by atoms with Crippen molar-refractivity contribution in [2.45, 2.75) is 32.4 Å². The van der Waals surface area contributed by atoms with Crippen molar-refractivity contribution in [3.05, 3.63) is 41.7 Å². The second-order valence-corrected chi connectivity index (χ2v) is 5.47. The molecule has 1 aliphatic rings. The van der Waals surface area contributed by atoms with Crippen molar-refractivity contribution in [2.75, 3.05) is 5.32 Å². The molecule has 104 valence electrons. The van der Waals surface area contributed by atoms with E-state index < -0.39 is 0 Å². The Kier molecular flexibility index (Phi) is 3.64. The molecule has 0 spiro atoms. The van der Waals surface area contributed by atoms with Crippen LogP contribution in [0.3, 0.4) is 0 Å². The molecule has 1 fully saturated rings. The highest BCUT2D eigenvalue weighted by Gasteiger charge is 2.22. The van der Waals surface area contributed by atoms with E-state index in [4.69, 9.17) is 12.2 Å². The molecule has 0 unspecified atom stereocenters. The van der Waals surface area contributed by atoms with E-state index in [1.54, 1.807) is 6.33 Å². The Morgan fingerprint density at radius 1 is 1.40 bits per heavy atom. The summed E-state index contributed by atoms with van der Waals surface area (Å²) in [7, 11) is 0. The molecule has 0 atom stereocenters. The van der Waals surface area contributed by atoms with Crippen LogP contribution in [0.2, 0.25) is 0 Å². The maximum absolute atomic E-state index is 5.20. The molecule has 1 aromatic carbocycles. The monoisotopic (exact) mass is 287 g/mol. The average molecular weight is 287 g/mol. The molecule has 0 aliphatic heterocycles. The number of hydrogen-bond donors (Lipinski definition) is 2. The standard InChI is InChI=1S/C14H17N5S/c1-10-4-2-3-5-11(10)8-19-9-15-13(18-19)17-14(20)16-12-6-7-12/h2-5,9,12H,6-8H2,1H3,(H2,16,17,18,20). The van der Waals surface area contributed by atoms with E-state index in [0.29, 0.717) is 23.6 Å². The van der Waals surface area contributed by atoms with Gasteiger partial charge in [-0.25, -0.2) is 9.67 Å². The van der Waals surface area contributed by atoms with Gasteiger partial charge in [-0.15, -0.1) is 5.10 Å². The van der Waals surface area contributed by atoms with E-state index in [2.05, 4.69) is 39.8 Å². The molecule has 20 heavy (non-hydrogen) atoms. The van der Waals surface area contributed by atoms with Gasteiger partial charge in [-0.2, -0.15) is 0 Å². The van der Waals surface area contributed by atoms with E-state index in [0.717, 1.165) is 0 Å². The molecule has 6 heteroatoms. The maximum atomic E-state index is 5.20. The molecule has 2 N–H and O–H groups in total. The molecular formula is C14H17N5S. The number of benzene rings is 1. The maximum Gasteiger partial charge on any atom is 0.248 e. The molecule has 1 heterocycles. The zero-order valence-electron chi connectivity index (χ0n) is 11.3. The summed E-state index contributed by atoms with van der Waals surface area (Å²) in [6.45, 7) is 2.81.